The van der Waals surface area contributed by atoms with Gasteiger partial charge in [0.2, 0.25) is 5.82 Å². The number of nitrogens with one attached hydrogen (secondary N) is 2. The molecule has 0 saturated carbocycles. The average Bonchev–Trinajstić information content (AvgIpc) is 2.96. The Morgan fingerprint density at radius 2 is 2.12 bits per heavy atom. The number of aromatic nitrogens is 3. The van der Waals surface area contributed by atoms with Crippen LogP contribution in [0.15, 0.2) is 29.2 Å². The summed E-state index contributed by atoms with van der Waals surface area (Å²) in [6.45, 7) is 3.42. The van der Waals surface area contributed by atoms with Gasteiger partial charge in [-0.1, -0.05) is 11.6 Å². The van der Waals surface area contributed by atoms with Gasteiger partial charge in [0.05, 0.1) is 5.69 Å². The molecule has 8 heteroatoms. The number of rotatable bonds is 2. The number of fused-ring (bicyclic) bond motifs is 2. The standard InChI is InChI=1S/C18H17F3N4O/c1-10-2-3-14-13(6-10)11(7-22-14)8-25-5-4-12-15(9-25)23-17(18(19,20)21)24-16(12)26/h2-3,6-7,22H,4-5,8-9H2,1H3,(H,23,24,26). The van der Waals surface area contributed by atoms with Crippen LogP contribution in [0.25, 0.3) is 10.9 Å². The van der Waals surface area contributed by atoms with E-state index in [4.69, 9.17) is 0 Å². The second kappa shape index (κ2) is 5.98. The third kappa shape index (κ3) is 3.01. The van der Waals surface area contributed by atoms with Crippen LogP contribution in [0, 0.1) is 6.92 Å². The Hall–Kier alpha value is -2.61. The maximum Gasteiger partial charge on any atom is 0.449 e. The molecule has 3 aromatic rings. The van der Waals surface area contributed by atoms with Crippen molar-refractivity contribution in [3.8, 4) is 0 Å². The van der Waals surface area contributed by atoms with Gasteiger partial charge >= 0.3 is 6.18 Å². The van der Waals surface area contributed by atoms with Crippen LogP contribution < -0.4 is 5.56 Å². The fourth-order valence-corrected chi connectivity index (χ4v) is 3.43. The summed E-state index contributed by atoms with van der Waals surface area (Å²) in [4.78, 5) is 22.7. The summed E-state index contributed by atoms with van der Waals surface area (Å²) in [5.41, 5.74) is 3.12. The smallest absolute Gasteiger partial charge is 0.361 e. The van der Waals surface area contributed by atoms with Crippen molar-refractivity contribution >= 4 is 10.9 Å². The molecule has 0 spiro atoms. The quantitative estimate of drug-likeness (QED) is 0.736. The van der Waals surface area contributed by atoms with Crippen molar-refractivity contribution in [1.82, 2.24) is 19.9 Å². The molecule has 0 saturated heterocycles. The van der Waals surface area contributed by atoms with E-state index < -0.39 is 17.6 Å². The topological polar surface area (TPSA) is 64.8 Å². The van der Waals surface area contributed by atoms with Crippen LogP contribution >= 0.6 is 0 Å². The molecule has 3 heterocycles. The Morgan fingerprint density at radius 1 is 1.31 bits per heavy atom. The number of aromatic amines is 2. The first-order chi connectivity index (χ1) is 12.3. The number of benzene rings is 1. The summed E-state index contributed by atoms with van der Waals surface area (Å²) < 4.78 is 38.7. The maximum absolute atomic E-state index is 12.9. The van der Waals surface area contributed by atoms with E-state index in [0.29, 0.717) is 25.1 Å². The second-order valence-electron chi connectivity index (χ2n) is 6.66. The van der Waals surface area contributed by atoms with Gasteiger partial charge in [0.15, 0.2) is 0 Å². The molecule has 1 aliphatic rings. The van der Waals surface area contributed by atoms with Crippen molar-refractivity contribution in [1.29, 1.82) is 0 Å². The fourth-order valence-electron chi connectivity index (χ4n) is 3.43. The van der Waals surface area contributed by atoms with Crippen molar-refractivity contribution in [3.63, 3.8) is 0 Å². The lowest BCUT2D eigenvalue weighted by molar-refractivity contribution is -0.145. The molecule has 2 N–H and O–H groups in total. The highest BCUT2D eigenvalue weighted by Crippen LogP contribution is 2.27. The number of aryl methyl sites for hydroxylation is 1. The molecular weight excluding hydrogens is 345 g/mol. The average molecular weight is 362 g/mol. The molecule has 0 unspecified atom stereocenters. The predicted molar refractivity (Wildman–Crippen MR) is 90.7 cm³/mol. The zero-order valence-corrected chi connectivity index (χ0v) is 14.1. The highest BCUT2D eigenvalue weighted by atomic mass is 19.4. The van der Waals surface area contributed by atoms with E-state index in [1.807, 2.05) is 35.1 Å². The van der Waals surface area contributed by atoms with E-state index >= 15 is 0 Å². The zero-order valence-electron chi connectivity index (χ0n) is 14.1. The molecule has 1 aromatic carbocycles. The summed E-state index contributed by atoms with van der Waals surface area (Å²) >= 11 is 0. The molecule has 5 nitrogen and oxygen atoms in total. The molecule has 26 heavy (non-hydrogen) atoms. The minimum Gasteiger partial charge on any atom is -0.361 e. The van der Waals surface area contributed by atoms with E-state index in [9.17, 15) is 18.0 Å². The minimum atomic E-state index is -4.66. The number of nitrogens with zero attached hydrogens (tertiary/aromatic N) is 2. The van der Waals surface area contributed by atoms with Crippen molar-refractivity contribution in [3.05, 3.63) is 63.0 Å². The van der Waals surface area contributed by atoms with Gasteiger partial charge in [-0.3, -0.25) is 9.69 Å². The molecule has 0 fully saturated rings. The number of hydrogen-bond acceptors (Lipinski definition) is 3. The molecule has 136 valence electrons. The Morgan fingerprint density at radius 3 is 2.88 bits per heavy atom. The third-order valence-corrected chi connectivity index (χ3v) is 4.74. The molecule has 0 amide bonds. The lowest BCUT2D eigenvalue weighted by Crippen LogP contribution is -2.36. The second-order valence-corrected chi connectivity index (χ2v) is 6.66. The van der Waals surface area contributed by atoms with E-state index in [1.165, 1.54) is 0 Å². The number of alkyl halides is 3. The van der Waals surface area contributed by atoms with Gasteiger partial charge in [0.25, 0.3) is 5.56 Å². The highest BCUT2D eigenvalue weighted by molar-refractivity contribution is 5.83. The monoisotopic (exact) mass is 362 g/mol. The number of halogens is 3. The Bertz CT molecular complexity index is 1040. The molecular formula is C18H17F3N4O. The van der Waals surface area contributed by atoms with Crippen molar-refractivity contribution in [2.75, 3.05) is 6.54 Å². The van der Waals surface area contributed by atoms with Crippen molar-refractivity contribution in [2.45, 2.75) is 32.6 Å². The van der Waals surface area contributed by atoms with Crippen LogP contribution in [0.3, 0.4) is 0 Å². The van der Waals surface area contributed by atoms with Crippen LogP contribution in [0.1, 0.15) is 28.2 Å². The number of H-pyrrole nitrogens is 2. The maximum atomic E-state index is 12.9. The van der Waals surface area contributed by atoms with E-state index in [-0.39, 0.29) is 12.2 Å². The Balaban J connectivity index is 1.63. The lowest BCUT2D eigenvalue weighted by Gasteiger charge is -2.27. The van der Waals surface area contributed by atoms with Gasteiger partial charge < -0.3 is 9.97 Å². The van der Waals surface area contributed by atoms with E-state index in [1.54, 1.807) is 0 Å². The van der Waals surface area contributed by atoms with Crippen molar-refractivity contribution in [2.24, 2.45) is 0 Å². The molecule has 4 rings (SSSR count). The predicted octanol–water partition coefficient (Wildman–Crippen LogP) is 3.14. The van der Waals surface area contributed by atoms with E-state index in [2.05, 4.69) is 16.0 Å². The largest absolute Gasteiger partial charge is 0.449 e. The Kier molecular flexibility index (Phi) is 3.87. The van der Waals surface area contributed by atoms with Gasteiger partial charge in [0.1, 0.15) is 0 Å². The molecule has 0 aliphatic carbocycles. The van der Waals surface area contributed by atoms with Gasteiger partial charge in [-0.2, -0.15) is 13.2 Å². The normalized spacial score (nSPS) is 15.4. The summed E-state index contributed by atoms with van der Waals surface area (Å²) in [6.07, 6.45) is -2.35. The van der Waals surface area contributed by atoms with Crippen LogP contribution in [-0.4, -0.2) is 26.4 Å². The summed E-state index contributed by atoms with van der Waals surface area (Å²) in [6, 6.07) is 6.12. The summed E-state index contributed by atoms with van der Waals surface area (Å²) in [7, 11) is 0. The highest BCUT2D eigenvalue weighted by Gasteiger charge is 2.36. The first-order valence-corrected chi connectivity index (χ1v) is 8.29. The summed E-state index contributed by atoms with van der Waals surface area (Å²) in [5.74, 6) is -1.23. The van der Waals surface area contributed by atoms with Crippen LogP contribution in [0.5, 0.6) is 0 Å². The fraction of sp³-hybridized carbons (Fsp3) is 0.333. The van der Waals surface area contributed by atoms with Gasteiger partial charge in [0, 0.05) is 42.3 Å². The molecule has 1 aliphatic heterocycles. The Labute approximate surface area is 146 Å². The molecule has 0 bridgehead atoms. The van der Waals surface area contributed by atoms with Crippen LogP contribution in [0.2, 0.25) is 0 Å². The molecule has 0 radical (unpaired) electrons. The SMILES string of the molecule is Cc1ccc2[nH]cc(CN3CCc4c(nc(C(F)(F)F)[nH]c4=O)C3)c2c1. The first-order valence-electron chi connectivity index (χ1n) is 8.29. The van der Waals surface area contributed by atoms with Gasteiger partial charge in [-0.05, 0) is 31.0 Å². The number of hydrogen-bond donors (Lipinski definition) is 2. The zero-order chi connectivity index (χ0) is 18.5. The lowest BCUT2D eigenvalue weighted by atomic mass is 10.0. The van der Waals surface area contributed by atoms with Crippen LogP contribution in [0.4, 0.5) is 13.2 Å². The van der Waals surface area contributed by atoms with Gasteiger partial charge in [-0.15, -0.1) is 0 Å². The summed E-state index contributed by atoms with van der Waals surface area (Å²) in [5, 5.41) is 1.10. The molecule has 0 atom stereocenters. The minimum absolute atomic E-state index is 0.211. The first kappa shape index (κ1) is 16.8. The van der Waals surface area contributed by atoms with Crippen LogP contribution in [-0.2, 0) is 25.7 Å². The van der Waals surface area contributed by atoms with E-state index in [0.717, 1.165) is 22.0 Å². The van der Waals surface area contributed by atoms with Gasteiger partial charge in [-0.25, -0.2) is 4.98 Å². The molecule has 2 aromatic heterocycles. The third-order valence-electron chi connectivity index (χ3n) is 4.74. The van der Waals surface area contributed by atoms with Crippen molar-refractivity contribution < 1.29 is 13.2 Å².